The largest absolute Gasteiger partial charge is 0.394 e. The summed E-state index contributed by atoms with van der Waals surface area (Å²) in [7, 11) is 0. The van der Waals surface area contributed by atoms with E-state index in [0.29, 0.717) is 12.5 Å². The maximum absolute atomic E-state index is 11.3. The lowest BCUT2D eigenvalue weighted by Crippen LogP contribution is -2.58. The number of hydrogen-bond donors (Lipinski definition) is 5. The van der Waals surface area contributed by atoms with Gasteiger partial charge in [0, 0.05) is 18.9 Å². The van der Waals surface area contributed by atoms with E-state index in [1.165, 1.54) is 0 Å². The molecule has 170 valence electrons. The summed E-state index contributed by atoms with van der Waals surface area (Å²) >= 11 is 0. The molecule has 8 nitrogen and oxygen atoms in total. The Morgan fingerprint density at radius 3 is 2.31 bits per heavy atom. The topological polar surface area (TPSA) is 135 Å². The van der Waals surface area contributed by atoms with Gasteiger partial charge in [0.2, 0.25) is 0 Å². The molecule has 0 bridgehead atoms. The van der Waals surface area contributed by atoms with Crippen molar-refractivity contribution in [3.63, 3.8) is 0 Å². The first-order valence-corrected chi connectivity index (χ1v) is 11.1. The summed E-state index contributed by atoms with van der Waals surface area (Å²) < 4.78 is 18.0. The lowest BCUT2D eigenvalue weighted by atomic mass is 9.66. The van der Waals surface area contributed by atoms with Gasteiger partial charge in [-0.25, -0.2) is 0 Å². The Bertz CT molecular complexity index is 523. The molecule has 1 saturated carbocycles. The molecule has 8 heteroatoms. The molecule has 2 aliphatic heterocycles. The van der Waals surface area contributed by atoms with Crippen molar-refractivity contribution in [2.45, 2.75) is 95.5 Å². The summed E-state index contributed by atoms with van der Waals surface area (Å²) in [5.74, 6) is 0.545. The highest BCUT2D eigenvalue weighted by atomic mass is 16.7. The summed E-state index contributed by atoms with van der Waals surface area (Å²) in [6.07, 6.45) is -2.25. The third-order valence-corrected chi connectivity index (χ3v) is 7.20. The van der Waals surface area contributed by atoms with E-state index in [2.05, 4.69) is 13.8 Å². The van der Waals surface area contributed by atoms with Crippen molar-refractivity contribution in [2.75, 3.05) is 13.2 Å². The van der Waals surface area contributed by atoms with Crippen LogP contribution in [0.3, 0.4) is 0 Å². The van der Waals surface area contributed by atoms with Gasteiger partial charge in [0.1, 0.15) is 12.2 Å². The molecule has 2 heterocycles. The van der Waals surface area contributed by atoms with Crippen LogP contribution in [0.15, 0.2) is 0 Å². The second-order valence-corrected chi connectivity index (χ2v) is 9.47. The second-order valence-electron chi connectivity index (χ2n) is 9.47. The van der Waals surface area contributed by atoms with E-state index in [1.54, 1.807) is 0 Å². The quantitative estimate of drug-likeness (QED) is 0.422. The maximum atomic E-state index is 11.3. The first kappa shape index (κ1) is 23.3. The number of ether oxygens (including phenoxy) is 3. The van der Waals surface area contributed by atoms with Crippen LogP contribution in [-0.2, 0) is 14.2 Å². The minimum Gasteiger partial charge on any atom is -0.394 e. The highest BCUT2D eigenvalue weighted by molar-refractivity contribution is 4.97. The van der Waals surface area contributed by atoms with Crippen LogP contribution in [0.4, 0.5) is 0 Å². The second kappa shape index (κ2) is 9.87. The highest BCUT2D eigenvalue weighted by Gasteiger charge is 2.49. The standard InChI is InChI=1S/C21H39NO7/c1-10-4-5-13(8-22)27-19(10)17-11(2)6-12(3)20(18(17)26)29-21-15(25)7-14(24)16(9-23)28-21/h10-21,23-26H,4-9,22H2,1-3H3. The number of rotatable bonds is 5. The smallest absolute Gasteiger partial charge is 0.184 e. The van der Waals surface area contributed by atoms with Gasteiger partial charge in [0.15, 0.2) is 6.29 Å². The zero-order valence-electron chi connectivity index (χ0n) is 17.8. The molecule has 3 rings (SSSR count). The molecule has 0 amide bonds. The molecule has 0 aromatic carbocycles. The average Bonchev–Trinajstić information content (AvgIpc) is 2.67. The van der Waals surface area contributed by atoms with E-state index in [9.17, 15) is 20.4 Å². The van der Waals surface area contributed by atoms with Crippen molar-refractivity contribution in [1.29, 1.82) is 0 Å². The van der Waals surface area contributed by atoms with Crippen molar-refractivity contribution >= 4 is 0 Å². The normalized spacial score (nSPS) is 51.7. The lowest BCUT2D eigenvalue weighted by molar-refractivity contribution is -0.307. The first-order chi connectivity index (χ1) is 13.8. The summed E-state index contributed by atoms with van der Waals surface area (Å²) in [6.45, 7) is 6.45. The number of aliphatic hydroxyl groups excluding tert-OH is 4. The molecule has 0 spiro atoms. The molecular weight excluding hydrogens is 378 g/mol. The Morgan fingerprint density at radius 1 is 0.931 bits per heavy atom. The van der Waals surface area contributed by atoms with Crippen molar-refractivity contribution in [2.24, 2.45) is 29.4 Å². The Balaban J connectivity index is 1.73. The van der Waals surface area contributed by atoms with Crippen LogP contribution in [0.2, 0.25) is 0 Å². The van der Waals surface area contributed by atoms with Crippen LogP contribution >= 0.6 is 0 Å². The van der Waals surface area contributed by atoms with Gasteiger partial charge in [-0.15, -0.1) is 0 Å². The van der Waals surface area contributed by atoms with Gasteiger partial charge in [-0.1, -0.05) is 20.8 Å². The molecule has 3 fully saturated rings. The van der Waals surface area contributed by atoms with Crippen LogP contribution in [-0.4, -0.2) is 82.6 Å². The van der Waals surface area contributed by atoms with Crippen molar-refractivity contribution < 1.29 is 34.6 Å². The molecule has 1 aliphatic carbocycles. The highest BCUT2D eigenvalue weighted by Crippen LogP contribution is 2.43. The predicted molar refractivity (Wildman–Crippen MR) is 106 cm³/mol. The molecule has 0 aromatic rings. The molecule has 29 heavy (non-hydrogen) atoms. The third kappa shape index (κ3) is 4.96. The zero-order chi connectivity index (χ0) is 21.3. The number of hydrogen-bond acceptors (Lipinski definition) is 8. The van der Waals surface area contributed by atoms with Gasteiger partial charge in [0.05, 0.1) is 37.1 Å². The Kier molecular flexibility index (Phi) is 7.95. The molecule has 0 radical (unpaired) electrons. The molecule has 0 aromatic heterocycles. The first-order valence-electron chi connectivity index (χ1n) is 11.1. The van der Waals surface area contributed by atoms with Gasteiger partial charge in [-0.05, 0) is 37.0 Å². The van der Waals surface area contributed by atoms with Crippen LogP contribution in [0.1, 0.15) is 46.5 Å². The fraction of sp³-hybridized carbons (Fsp3) is 1.00. The molecule has 12 unspecified atom stereocenters. The number of nitrogens with two attached hydrogens (primary N) is 1. The van der Waals surface area contributed by atoms with Crippen molar-refractivity contribution in [1.82, 2.24) is 0 Å². The minimum atomic E-state index is -1.02. The van der Waals surface area contributed by atoms with Gasteiger partial charge >= 0.3 is 0 Å². The van der Waals surface area contributed by atoms with Gasteiger partial charge in [0.25, 0.3) is 0 Å². The molecule has 3 aliphatic rings. The monoisotopic (exact) mass is 417 g/mol. The van der Waals surface area contributed by atoms with Gasteiger partial charge < -0.3 is 40.4 Å². The SMILES string of the molecule is CC1CC(C)C(C2OC(CN)CCC2C)C(O)C1OC1OC(CO)C(O)CC1O. The molecule has 12 atom stereocenters. The zero-order valence-corrected chi connectivity index (χ0v) is 17.8. The Hall–Kier alpha value is -0.320. The summed E-state index contributed by atoms with van der Waals surface area (Å²) in [5.41, 5.74) is 5.84. The molecule has 6 N–H and O–H groups in total. The van der Waals surface area contributed by atoms with Crippen molar-refractivity contribution in [3.05, 3.63) is 0 Å². The van der Waals surface area contributed by atoms with Gasteiger partial charge in [-0.2, -0.15) is 0 Å². The van der Waals surface area contributed by atoms with Crippen LogP contribution in [0.5, 0.6) is 0 Å². The minimum absolute atomic E-state index is 0.0182. The van der Waals surface area contributed by atoms with Gasteiger partial charge in [-0.3, -0.25) is 0 Å². The van der Waals surface area contributed by atoms with E-state index < -0.39 is 36.8 Å². The summed E-state index contributed by atoms with van der Waals surface area (Å²) in [6, 6.07) is 0. The fourth-order valence-corrected chi connectivity index (χ4v) is 5.49. The fourth-order valence-electron chi connectivity index (χ4n) is 5.49. The van der Waals surface area contributed by atoms with E-state index in [4.69, 9.17) is 19.9 Å². The third-order valence-electron chi connectivity index (χ3n) is 7.20. The Labute approximate surface area is 173 Å². The Morgan fingerprint density at radius 2 is 1.66 bits per heavy atom. The van der Waals surface area contributed by atoms with E-state index in [1.807, 2.05) is 6.92 Å². The predicted octanol–water partition coefficient (Wildman–Crippen LogP) is -0.00390. The average molecular weight is 418 g/mol. The van der Waals surface area contributed by atoms with E-state index >= 15 is 0 Å². The van der Waals surface area contributed by atoms with Crippen LogP contribution < -0.4 is 5.73 Å². The van der Waals surface area contributed by atoms with Crippen molar-refractivity contribution in [3.8, 4) is 0 Å². The molecular formula is C21H39NO7. The summed E-state index contributed by atoms with van der Waals surface area (Å²) in [4.78, 5) is 0. The van der Waals surface area contributed by atoms with E-state index in [-0.39, 0.29) is 43.0 Å². The van der Waals surface area contributed by atoms with Crippen LogP contribution in [0, 0.1) is 23.7 Å². The molecule has 2 saturated heterocycles. The summed E-state index contributed by atoms with van der Waals surface area (Å²) in [5, 5.41) is 41.0. The van der Waals surface area contributed by atoms with E-state index in [0.717, 1.165) is 19.3 Å². The number of aliphatic hydroxyl groups is 4. The van der Waals surface area contributed by atoms with Crippen LogP contribution in [0.25, 0.3) is 0 Å². The maximum Gasteiger partial charge on any atom is 0.184 e. The lowest BCUT2D eigenvalue weighted by Gasteiger charge is -2.50.